The lowest BCUT2D eigenvalue weighted by Crippen LogP contribution is -1.83. The summed E-state index contributed by atoms with van der Waals surface area (Å²) in [5, 5.41) is 1.53. The Hall–Kier alpha value is -0.670. The molecule has 2 nitrogen and oxygen atoms in total. The minimum atomic E-state index is 0.664. The summed E-state index contributed by atoms with van der Waals surface area (Å²) in [5.74, 6) is 0. The topological polar surface area (TPSA) is 25.8 Å². The summed E-state index contributed by atoms with van der Waals surface area (Å²) in [7, 11) is 0. The molecular formula is C8H4BrClN2. The number of pyridine rings is 2. The van der Waals surface area contributed by atoms with Crippen LogP contribution in [0.4, 0.5) is 0 Å². The van der Waals surface area contributed by atoms with Gasteiger partial charge in [0.15, 0.2) is 5.65 Å². The Morgan fingerprint density at radius 1 is 1.17 bits per heavy atom. The van der Waals surface area contributed by atoms with Crippen LogP contribution in [0.2, 0.25) is 5.02 Å². The number of aromatic nitrogens is 2. The van der Waals surface area contributed by atoms with Crippen molar-refractivity contribution in [3.8, 4) is 0 Å². The van der Waals surface area contributed by atoms with Crippen LogP contribution in [0.15, 0.2) is 29.0 Å². The fraction of sp³-hybridized carbons (Fsp3) is 0. The summed E-state index contributed by atoms with van der Waals surface area (Å²) in [6.07, 6.45) is 3.33. The lowest BCUT2D eigenvalue weighted by molar-refractivity contribution is 1.28. The first-order chi connectivity index (χ1) is 5.79. The molecule has 0 spiro atoms. The first kappa shape index (κ1) is 7.95. The van der Waals surface area contributed by atoms with Gasteiger partial charge in [-0.15, -0.1) is 0 Å². The van der Waals surface area contributed by atoms with E-state index in [1.54, 1.807) is 18.5 Å². The quantitative estimate of drug-likeness (QED) is 0.711. The molecular weight excluding hydrogens is 239 g/mol. The van der Waals surface area contributed by atoms with Crippen molar-refractivity contribution in [3.63, 3.8) is 0 Å². The van der Waals surface area contributed by atoms with Crippen LogP contribution in [0.5, 0.6) is 0 Å². The number of halogens is 2. The van der Waals surface area contributed by atoms with Crippen LogP contribution in [0.3, 0.4) is 0 Å². The average Bonchev–Trinajstić information content (AvgIpc) is 2.04. The third-order valence-corrected chi connectivity index (χ3v) is 2.51. The Labute approximate surface area is 82.7 Å². The van der Waals surface area contributed by atoms with Crippen LogP contribution < -0.4 is 0 Å². The van der Waals surface area contributed by atoms with Crippen LogP contribution >= 0.6 is 27.5 Å². The number of nitrogens with zero attached hydrogens (tertiary/aromatic N) is 2. The van der Waals surface area contributed by atoms with Gasteiger partial charge >= 0.3 is 0 Å². The molecule has 2 heterocycles. The molecule has 0 radical (unpaired) electrons. The lowest BCUT2D eigenvalue weighted by atomic mass is 10.3. The second-order valence-corrected chi connectivity index (χ2v) is 3.55. The molecule has 2 rings (SSSR count). The third-order valence-electron chi connectivity index (χ3n) is 1.54. The zero-order valence-electron chi connectivity index (χ0n) is 5.96. The van der Waals surface area contributed by atoms with E-state index in [0.717, 1.165) is 9.86 Å². The number of hydrogen-bond donors (Lipinski definition) is 0. The molecule has 2 aromatic heterocycles. The van der Waals surface area contributed by atoms with Crippen molar-refractivity contribution in [2.45, 2.75) is 0 Å². The first-order valence-corrected chi connectivity index (χ1v) is 4.51. The highest BCUT2D eigenvalue weighted by Crippen LogP contribution is 2.27. The predicted octanol–water partition coefficient (Wildman–Crippen LogP) is 3.05. The number of hydrogen-bond acceptors (Lipinski definition) is 2. The molecule has 0 aliphatic heterocycles. The molecule has 12 heavy (non-hydrogen) atoms. The van der Waals surface area contributed by atoms with Gasteiger partial charge in [-0.2, -0.15) is 0 Å². The van der Waals surface area contributed by atoms with Gasteiger partial charge in [0, 0.05) is 16.9 Å². The molecule has 0 aliphatic rings. The largest absolute Gasteiger partial charge is 0.237 e. The first-order valence-electron chi connectivity index (χ1n) is 3.34. The van der Waals surface area contributed by atoms with E-state index < -0.39 is 0 Å². The summed E-state index contributed by atoms with van der Waals surface area (Å²) in [6, 6.07) is 3.59. The van der Waals surface area contributed by atoms with Gasteiger partial charge in [0.1, 0.15) is 0 Å². The van der Waals surface area contributed by atoms with Crippen molar-refractivity contribution >= 4 is 38.6 Å². The van der Waals surface area contributed by atoms with Crippen molar-refractivity contribution < 1.29 is 0 Å². The minimum Gasteiger partial charge on any atom is -0.237 e. The van der Waals surface area contributed by atoms with Crippen molar-refractivity contribution in [1.29, 1.82) is 0 Å². The van der Waals surface area contributed by atoms with Gasteiger partial charge in [-0.3, -0.25) is 0 Å². The molecule has 60 valence electrons. The van der Waals surface area contributed by atoms with Gasteiger partial charge in [0.2, 0.25) is 0 Å². The maximum absolute atomic E-state index is 5.95. The Kier molecular flexibility index (Phi) is 1.98. The molecule has 0 saturated heterocycles. The molecule has 0 unspecified atom stereocenters. The highest BCUT2D eigenvalue weighted by atomic mass is 79.9. The van der Waals surface area contributed by atoms with Gasteiger partial charge in [-0.1, -0.05) is 11.6 Å². The van der Waals surface area contributed by atoms with Crippen molar-refractivity contribution in [2.75, 3.05) is 0 Å². The van der Waals surface area contributed by atoms with Crippen LogP contribution in [0.1, 0.15) is 0 Å². The molecule has 4 heteroatoms. The summed E-state index contributed by atoms with van der Waals surface area (Å²) >= 11 is 9.34. The zero-order valence-corrected chi connectivity index (χ0v) is 8.30. The van der Waals surface area contributed by atoms with Gasteiger partial charge in [-0.25, -0.2) is 9.97 Å². The van der Waals surface area contributed by atoms with E-state index >= 15 is 0 Å². The van der Waals surface area contributed by atoms with Gasteiger partial charge in [-0.05, 0) is 28.1 Å². The van der Waals surface area contributed by atoms with E-state index in [9.17, 15) is 0 Å². The molecule has 2 aromatic rings. The molecule has 0 aliphatic carbocycles. The van der Waals surface area contributed by atoms with Crippen LogP contribution in [-0.2, 0) is 0 Å². The molecule has 0 amide bonds. The second kappa shape index (κ2) is 2.99. The van der Waals surface area contributed by atoms with Gasteiger partial charge in [0.05, 0.1) is 10.4 Å². The maximum Gasteiger partial charge on any atom is 0.161 e. The maximum atomic E-state index is 5.95. The van der Waals surface area contributed by atoms with Crippen molar-refractivity contribution in [3.05, 3.63) is 34.0 Å². The normalized spacial score (nSPS) is 10.5. The molecule has 0 saturated carbocycles. The Morgan fingerprint density at radius 3 is 2.50 bits per heavy atom. The van der Waals surface area contributed by atoms with Crippen molar-refractivity contribution in [1.82, 2.24) is 9.97 Å². The van der Waals surface area contributed by atoms with E-state index in [4.69, 9.17) is 11.6 Å². The Bertz CT molecular complexity index is 394. The van der Waals surface area contributed by atoms with Crippen LogP contribution in [0.25, 0.3) is 11.0 Å². The highest BCUT2D eigenvalue weighted by Gasteiger charge is 2.03. The van der Waals surface area contributed by atoms with Crippen LogP contribution in [-0.4, -0.2) is 9.97 Å². The lowest BCUT2D eigenvalue weighted by Gasteiger charge is -1.99. The standard InChI is InChI=1S/C8H4BrClN2/c9-5-1-3-11-8-7(5)6(10)2-4-12-8/h1-4H. The fourth-order valence-electron chi connectivity index (χ4n) is 1.00. The van der Waals surface area contributed by atoms with Crippen molar-refractivity contribution in [2.24, 2.45) is 0 Å². The van der Waals surface area contributed by atoms with E-state index in [1.165, 1.54) is 0 Å². The molecule has 0 N–H and O–H groups in total. The molecule has 0 atom stereocenters. The fourth-order valence-corrected chi connectivity index (χ4v) is 1.87. The SMILES string of the molecule is Clc1ccnc2nccc(Br)c12. The molecule has 0 bridgehead atoms. The summed E-state index contributed by atoms with van der Waals surface area (Å²) in [5.41, 5.74) is 0.664. The predicted molar refractivity (Wildman–Crippen MR) is 52.2 cm³/mol. The Balaban J connectivity index is 2.96. The molecule has 0 fully saturated rings. The van der Waals surface area contributed by atoms with E-state index in [2.05, 4.69) is 25.9 Å². The third kappa shape index (κ3) is 1.19. The second-order valence-electron chi connectivity index (χ2n) is 2.28. The summed E-state index contributed by atoms with van der Waals surface area (Å²) in [4.78, 5) is 8.15. The minimum absolute atomic E-state index is 0.664. The van der Waals surface area contributed by atoms with E-state index in [1.807, 2.05) is 6.07 Å². The average molecular weight is 243 g/mol. The number of rotatable bonds is 0. The molecule has 0 aromatic carbocycles. The van der Waals surface area contributed by atoms with Gasteiger partial charge < -0.3 is 0 Å². The monoisotopic (exact) mass is 242 g/mol. The van der Waals surface area contributed by atoms with Gasteiger partial charge in [0.25, 0.3) is 0 Å². The van der Waals surface area contributed by atoms with Crippen LogP contribution in [0, 0.1) is 0 Å². The smallest absolute Gasteiger partial charge is 0.161 e. The zero-order chi connectivity index (χ0) is 8.55. The van der Waals surface area contributed by atoms with E-state index in [-0.39, 0.29) is 0 Å². The Morgan fingerprint density at radius 2 is 1.83 bits per heavy atom. The number of fused-ring (bicyclic) bond motifs is 1. The summed E-state index contributed by atoms with van der Waals surface area (Å²) < 4.78 is 0.922. The highest BCUT2D eigenvalue weighted by molar-refractivity contribution is 9.10. The van der Waals surface area contributed by atoms with E-state index in [0.29, 0.717) is 10.7 Å². The summed E-state index contributed by atoms with van der Waals surface area (Å²) in [6.45, 7) is 0.